The maximum Gasteiger partial charge on any atom is 0.415 e. The van der Waals surface area contributed by atoms with Gasteiger partial charge in [-0.1, -0.05) is 60.5 Å². The van der Waals surface area contributed by atoms with Gasteiger partial charge < -0.3 is 14.4 Å². The van der Waals surface area contributed by atoms with Crippen molar-refractivity contribution in [3.63, 3.8) is 0 Å². The van der Waals surface area contributed by atoms with Crippen LogP contribution >= 0.6 is 0 Å². The van der Waals surface area contributed by atoms with E-state index in [4.69, 9.17) is 9.47 Å². The summed E-state index contributed by atoms with van der Waals surface area (Å²) in [4.78, 5) is 40.4. The Labute approximate surface area is 170 Å². The zero-order valence-electron chi connectivity index (χ0n) is 18.6. The predicted molar refractivity (Wildman–Crippen MR) is 110 cm³/mol. The highest BCUT2D eigenvalue weighted by Crippen LogP contribution is 2.19. The maximum atomic E-state index is 13.1. The van der Waals surface area contributed by atoms with Crippen LogP contribution in [0.2, 0.25) is 0 Å². The molecule has 2 unspecified atom stereocenters. The fourth-order valence-electron chi connectivity index (χ4n) is 3.18. The van der Waals surface area contributed by atoms with Gasteiger partial charge in [-0.05, 0) is 18.3 Å². The Morgan fingerprint density at radius 3 is 1.96 bits per heavy atom. The molecule has 0 saturated heterocycles. The number of hydrogen-bond acceptors (Lipinski definition) is 5. The zero-order valence-corrected chi connectivity index (χ0v) is 18.6. The molecule has 0 aliphatic heterocycles. The summed E-state index contributed by atoms with van der Waals surface area (Å²) in [5.74, 6) is -1.05. The van der Waals surface area contributed by atoms with Crippen molar-refractivity contribution in [3.05, 3.63) is 12.8 Å². The minimum Gasteiger partial charge on any atom is -0.464 e. The average molecular weight is 399 g/mol. The van der Waals surface area contributed by atoms with Crippen LogP contribution in [0.4, 0.5) is 4.79 Å². The third-order valence-corrected chi connectivity index (χ3v) is 4.65. The van der Waals surface area contributed by atoms with E-state index in [0.717, 1.165) is 31.9 Å². The van der Waals surface area contributed by atoms with E-state index in [-0.39, 0.29) is 17.7 Å². The van der Waals surface area contributed by atoms with Crippen LogP contribution in [-0.4, -0.2) is 60.6 Å². The second-order valence-electron chi connectivity index (χ2n) is 7.72. The lowest BCUT2D eigenvalue weighted by Gasteiger charge is -2.36. The molecule has 0 aromatic carbocycles. The summed E-state index contributed by atoms with van der Waals surface area (Å²) < 4.78 is 10.2. The molecule has 0 aromatic heterocycles. The van der Waals surface area contributed by atoms with Gasteiger partial charge in [0.15, 0.2) is 0 Å². The van der Waals surface area contributed by atoms with Gasteiger partial charge in [0.2, 0.25) is 5.91 Å². The van der Waals surface area contributed by atoms with Crippen molar-refractivity contribution in [1.29, 1.82) is 0 Å². The number of ether oxygens (including phenoxy) is 2. The molecule has 2 amide bonds. The van der Waals surface area contributed by atoms with Crippen LogP contribution < -0.4 is 0 Å². The lowest BCUT2D eigenvalue weighted by atomic mass is 9.98. The minimum atomic E-state index is -0.768. The van der Waals surface area contributed by atoms with Gasteiger partial charge in [-0.2, -0.15) is 0 Å². The van der Waals surface area contributed by atoms with Crippen LogP contribution in [0.25, 0.3) is 0 Å². The lowest BCUT2D eigenvalue weighted by Crippen LogP contribution is -2.56. The summed E-state index contributed by atoms with van der Waals surface area (Å²) in [6, 6.07) is -1.49. The Balaban J connectivity index is 5.25. The topological polar surface area (TPSA) is 76.2 Å². The van der Waals surface area contributed by atoms with Crippen molar-refractivity contribution in [3.8, 4) is 0 Å². The van der Waals surface area contributed by atoms with Crippen molar-refractivity contribution in [2.24, 2.45) is 11.8 Å². The van der Waals surface area contributed by atoms with Gasteiger partial charge in [-0.25, -0.2) is 9.59 Å². The van der Waals surface area contributed by atoms with E-state index in [1.807, 2.05) is 27.7 Å². The van der Waals surface area contributed by atoms with E-state index < -0.39 is 24.1 Å². The molecular formula is C21H38N2O5. The van der Waals surface area contributed by atoms with Gasteiger partial charge >= 0.3 is 12.1 Å². The second kappa shape index (κ2) is 13.2. The number of amides is 2. The molecule has 0 saturated carbocycles. The molecule has 0 fully saturated rings. The Bertz CT molecular complexity index is 519. The van der Waals surface area contributed by atoms with Gasteiger partial charge in [-0.3, -0.25) is 9.69 Å². The number of hydrogen-bond donors (Lipinski definition) is 0. The summed E-state index contributed by atoms with van der Waals surface area (Å²) in [6.45, 7) is 13.2. The first-order valence-electron chi connectivity index (χ1n) is 10.1. The number of rotatable bonds is 12. The normalized spacial score (nSPS) is 13.0. The van der Waals surface area contributed by atoms with Gasteiger partial charge in [0.1, 0.15) is 12.1 Å². The molecular weight excluding hydrogens is 360 g/mol. The quantitative estimate of drug-likeness (QED) is 0.284. The number of unbranched alkanes of at least 4 members (excludes halogenated alkanes) is 3. The van der Waals surface area contributed by atoms with Crippen LogP contribution in [0.5, 0.6) is 0 Å². The summed E-state index contributed by atoms with van der Waals surface area (Å²) in [7, 11) is 3.08. The molecule has 0 aliphatic carbocycles. The van der Waals surface area contributed by atoms with Crippen LogP contribution in [0.3, 0.4) is 0 Å². The highest BCUT2D eigenvalue weighted by atomic mass is 16.5. The van der Waals surface area contributed by atoms with Crippen LogP contribution in [0.15, 0.2) is 12.8 Å². The van der Waals surface area contributed by atoms with Crippen molar-refractivity contribution in [2.75, 3.05) is 20.7 Å². The molecule has 0 radical (unpaired) electrons. The second-order valence-corrected chi connectivity index (χ2v) is 7.72. The molecule has 0 heterocycles. The van der Waals surface area contributed by atoms with E-state index in [0.29, 0.717) is 6.61 Å². The first-order valence-corrected chi connectivity index (χ1v) is 10.1. The lowest BCUT2D eigenvalue weighted by molar-refractivity contribution is -0.158. The standard InChI is InChI=1S/C21H38N2O5/c1-9-11-12-13-14-28-20(25)18(16(5)6)22(7)19(24)17(15(3)4)23(8)21(26)27-10-2/h10,15-18H,2,9,11-14H2,1,3-8H3. The fourth-order valence-corrected chi connectivity index (χ4v) is 3.18. The molecule has 7 heteroatoms. The Hall–Kier alpha value is -2.05. The van der Waals surface area contributed by atoms with E-state index >= 15 is 0 Å². The van der Waals surface area contributed by atoms with E-state index in [2.05, 4.69) is 13.5 Å². The Kier molecular flexibility index (Phi) is 12.2. The van der Waals surface area contributed by atoms with Gasteiger partial charge in [0.25, 0.3) is 0 Å². The largest absolute Gasteiger partial charge is 0.464 e. The van der Waals surface area contributed by atoms with Crippen molar-refractivity contribution in [1.82, 2.24) is 9.80 Å². The molecule has 7 nitrogen and oxygen atoms in total. The summed E-state index contributed by atoms with van der Waals surface area (Å²) in [5, 5.41) is 0. The molecule has 162 valence electrons. The van der Waals surface area contributed by atoms with Crippen molar-refractivity contribution in [2.45, 2.75) is 72.4 Å². The predicted octanol–water partition coefficient (Wildman–Crippen LogP) is 3.83. The highest BCUT2D eigenvalue weighted by Gasteiger charge is 2.38. The van der Waals surface area contributed by atoms with Gasteiger partial charge in [-0.15, -0.1) is 0 Å². The molecule has 0 aliphatic rings. The molecule has 0 N–H and O–H groups in total. The van der Waals surface area contributed by atoms with Crippen molar-refractivity contribution >= 4 is 18.0 Å². The fraction of sp³-hybridized carbons (Fsp3) is 0.762. The van der Waals surface area contributed by atoms with E-state index in [1.165, 1.54) is 16.8 Å². The number of nitrogens with zero attached hydrogens (tertiary/aromatic N) is 2. The molecule has 0 spiro atoms. The van der Waals surface area contributed by atoms with Crippen LogP contribution in [0.1, 0.15) is 60.3 Å². The van der Waals surface area contributed by atoms with E-state index in [9.17, 15) is 14.4 Å². The third kappa shape index (κ3) is 7.90. The van der Waals surface area contributed by atoms with Gasteiger partial charge in [0.05, 0.1) is 12.9 Å². The summed E-state index contributed by atoms with van der Waals surface area (Å²) in [6.07, 6.45) is 4.39. The minimum absolute atomic E-state index is 0.129. The van der Waals surface area contributed by atoms with Crippen LogP contribution in [-0.2, 0) is 19.1 Å². The number of esters is 1. The molecule has 2 atom stereocenters. The summed E-state index contributed by atoms with van der Waals surface area (Å²) in [5.41, 5.74) is 0. The first kappa shape index (κ1) is 26.0. The highest BCUT2D eigenvalue weighted by molar-refractivity contribution is 5.89. The maximum absolute atomic E-state index is 13.1. The Morgan fingerprint density at radius 1 is 0.929 bits per heavy atom. The molecule has 0 bridgehead atoms. The number of carbonyl (C=O) groups is 3. The van der Waals surface area contributed by atoms with Crippen molar-refractivity contribution < 1.29 is 23.9 Å². The summed E-state index contributed by atoms with van der Waals surface area (Å²) >= 11 is 0. The van der Waals surface area contributed by atoms with E-state index in [1.54, 1.807) is 7.05 Å². The average Bonchev–Trinajstić information content (AvgIpc) is 2.61. The number of likely N-dealkylation sites (N-methyl/N-ethyl adjacent to an activating group) is 2. The van der Waals surface area contributed by atoms with Crippen LogP contribution in [0, 0.1) is 11.8 Å². The van der Waals surface area contributed by atoms with Gasteiger partial charge in [0, 0.05) is 14.1 Å². The Morgan fingerprint density at radius 2 is 1.50 bits per heavy atom. The molecule has 0 aromatic rings. The monoisotopic (exact) mass is 398 g/mol. The number of carbonyl (C=O) groups excluding carboxylic acids is 3. The molecule has 0 rings (SSSR count). The smallest absolute Gasteiger partial charge is 0.415 e. The zero-order chi connectivity index (χ0) is 21.9. The SMILES string of the molecule is C=COC(=O)N(C)C(C(=O)N(C)C(C(=O)OCCCCCC)C(C)C)C(C)C. The molecule has 28 heavy (non-hydrogen) atoms. The third-order valence-electron chi connectivity index (χ3n) is 4.65. The first-order chi connectivity index (χ1) is 13.1.